The standard InChI is InChI=1S/C21H28N6O/c22-20(28)18-15-24-27-12-9-16(13-19(18)27)14-23-21(26-10-5-2-6-11-26)25-17-7-3-1-4-8-17/h1,3-4,7-8,15-16H,2,5-6,9-14H2,(H2,22,28)(H,23,25). The van der Waals surface area contributed by atoms with Crippen LogP contribution in [0.5, 0.6) is 0 Å². The van der Waals surface area contributed by atoms with Crippen molar-refractivity contribution in [2.75, 3.05) is 25.0 Å². The predicted molar refractivity (Wildman–Crippen MR) is 110 cm³/mol. The molecule has 148 valence electrons. The van der Waals surface area contributed by atoms with Crippen molar-refractivity contribution >= 4 is 17.6 Å². The van der Waals surface area contributed by atoms with E-state index in [4.69, 9.17) is 10.7 Å². The number of aryl methyl sites for hydroxylation is 1. The van der Waals surface area contributed by atoms with Gasteiger partial charge in [0.05, 0.1) is 17.5 Å². The molecule has 7 nitrogen and oxygen atoms in total. The predicted octanol–water partition coefficient (Wildman–Crippen LogP) is 2.50. The van der Waals surface area contributed by atoms with E-state index in [9.17, 15) is 4.79 Å². The van der Waals surface area contributed by atoms with Crippen LogP contribution in [0.1, 0.15) is 41.7 Å². The second-order valence-electron chi connectivity index (χ2n) is 7.65. The Bertz CT molecular complexity index is 838. The number of nitrogens with two attached hydrogens (primary N) is 1. The van der Waals surface area contributed by atoms with Crippen molar-refractivity contribution in [2.24, 2.45) is 16.6 Å². The molecule has 1 amide bonds. The second-order valence-corrected chi connectivity index (χ2v) is 7.65. The molecule has 0 aliphatic carbocycles. The van der Waals surface area contributed by atoms with Gasteiger partial charge in [-0.2, -0.15) is 5.10 Å². The maximum Gasteiger partial charge on any atom is 0.252 e. The smallest absolute Gasteiger partial charge is 0.252 e. The molecular weight excluding hydrogens is 352 g/mol. The van der Waals surface area contributed by atoms with Gasteiger partial charge < -0.3 is 16.0 Å². The monoisotopic (exact) mass is 380 g/mol. The molecule has 2 aliphatic heterocycles. The molecule has 3 N–H and O–H groups in total. The summed E-state index contributed by atoms with van der Waals surface area (Å²) in [6.45, 7) is 3.63. The van der Waals surface area contributed by atoms with Crippen molar-refractivity contribution < 1.29 is 4.79 Å². The molecule has 1 atom stereocenters. The summed E-state index contributed by atoms with van der Waals surface area (Å²) in [7, 11) is 0. The first kappa shape index (κ1) is 18.5. The van der Waals surface area contributed by atoms with Gasteiger partial charge >= 0.3 is 0 Å². The number of fused-ring (bicyclic) bond motifs is 1. The minimum absolute atomic E-state index is 0.389. The molecule has 1 unspecified atom stereocenters. The number of amides is 1. The molecule has 1 saturated heterocycles. The fourth-order valence-corrected chi connectivity index (χ4v) is 4.05. The number of para-hydroxylation sites is 1. The summed E-state index contributed by atoms with van der Waals surface area (Å²) < 4.78 is 1.91. The lowest BCUT2D eigenvalue weighted by Gasteiger charge is -2.31. The molecule has 3 heterocycles. The number of carbonyl (C=O) groups excluding carboxylic acids is 1. The Labute approximate surface area is 165 Å². The number of hydrogen-bond acceptors (Lipinski definition) is 3. The zero-order chi connectivity index (χ0) is 19.3. The summed E-state index contributed by atoms with van der Waals surface area (Å²) in [4.78, 5) is 19.0. The van der Waals surface area contributed by atoms with Gasteiger partial charge in [0.2, 0.25) is 0 Å². The maximum absolute atomic E-state index is 11.6. The highest BCUT2D eigenvalue weighted by molar-refractivity contribution is 5.94. The molecule has 2 aliphatic rings. The maximum atomic E-state index is 11.6. The summed E-state index contributed by atoms with van der Waals surface area (Å²) in [5.74, 6) is 0.949. The molecule has 7 heteroatoms. The largest absolute Gasteiger partial charge is 0.365 e. The number of nitrogens with one attached hydrogen (secondary N) is 1. The summed E-state index contributed by atoms with van der Waals surface area (Å²) in [6.07, 6.45) is 7.10. The van der Waals surface area contributed by atoms with E-state index in [2.05, 4.69) is 27.4 Å². The average Bonchev–Trinajstić information content (AvgIpc) is 3.16. The number of nitrogens with zero attached hydrogens (tertiary/aromatic N) is 4. The molecule has 4 rings (SSSR count). The van der Waals surface area contributed by atoms with Crippen molar-refractivity contribution in [2.45, 2.75) is 38.6 Å². The van der Waals surface area contributed by atoms with Gasteiger partial charge in [0, 0.05) is 31.9 Å². The minimum Gasteiger partial charge on any atom is -0.365 e. The zero-order valence-electron chi connectivity index (χ0n) is 16.2. The molecule has 0 saturated carbocycles. The van der Waals surface area contributed by atoms with E-state index in [0.717, 1.165) is 56.4 Å². The van der Waals surface area contributed by atoms with Crippen LogP contribution in [0.2, 0.25) is 0 Å². The lowest BCUT2D eigenvalue weighted by molar-refractivity contribution is 0.0998. The quantitative estimate of drug-likeness (QED) is 0.630. The molecule has 2 aromatic rings. The van der Waals surface area contributed by atoms with Crippen molar-refractivity contribution in [1.82, 2.24) is 14.7 Å². The van der Waals surface area contributed by atoms with Crippen LogP contribution in [0, 0.1) is 5.92 Å². The summed E-state index contributed by atoms with van der Waals surface area (Å²) in [5.41, 5.74) is 8.06. The fourth-order valence-electron chi connectivity index (χ4n) is 4.05. The summed E-state index contributed by atoms with van der Waals surface area (Å²) in [5, 5.41) is 7.81. The topological polar surface area (TPSA) is 88.5 Å². The number of carbonyl (C=O) groups is 1. The van der Waals surface area contributed by atoms with E-state index in [1.165, 1.54) is 19.3 Å². The molecule has 0 bridgehead atoms. The number of anilines is 1. The highest BCUT2D eigenvalue weighted by Gasteiger charge is 2.24. The van der Waals surface area contributed by atoms with Crippen LogP contribution in [0.15, 0.2) is 41.5 Å². The van der Waals surface area contributed by atoms with Crippen LogP contribution in [-0.4, -0.2) is 46.2 Å². The third-order valence-electron chi connectivity index (χ3n) is 5.63. The normalized spacial score (nSPS) is 19.9. The lowest BCUT2D eigenvalue weighted by Crippen LogP contribution is -2.40. The number of rotatable bonds is 4. The Morgan fingerprint density at radius 3 is 2.71 bits per heavy atom. The highest BCUT2D eigenvalue weighted by Crippen LogP contribution is 2.23. The number of likely N-dealkylation sites (tertiary alicyclic amines) is 1. The number of piperidine rings is 1. The van der Waals surface area contributed by atoms with Crippen molar-refractivity contribution in [3.63, 3.8) is 0 Å². The number of primary amides is 1. The van der Waals surface area contributed by atoms with Gasteiger partial charge in [-0.05, 0) is 50.2 Å². The minimum atomic E-state index is -0.398. The van der Waals surface area contributed by atoms with E-state index < -0.39 is 5.91 Å². The van der Waals surface area contributed by atoms with Gasteiger partial charge in [0.15, 0.2) is 5.96 Å². The first-order chi connectivity index (χ1) is 13.7. The van der Waals surface area contributed by atoms with Crippen molar-refractivity contribution in [3.05, 3.63) is 47.8 Å². The van der Waals surface area contributed by atoms with Crippen molar-refractivity contribution in [1.29, 1.82) is 0 Å². The van der Waals surface area contributed by atoms with Crippen LogP contribution in [0.25, 0.3) is 0 Å². The van der Waals surface area contributed by atoms with E-state index in [1.54, 1.807) is 6.20 Å². The van der Waals surface area contributed by atoms with E-state index in [-0.39, 0.29) is 0 Å². The Morgan fingerprint density at radius 2 is 1.96 bits per heavy atom. The first-order valence-electron chi connectivity index (χ1n) is 10.2. The molecule has 28 heavy (non-hydrogen) atoms. The molecule has 0 radical (unpaired) electrons. The van der Waals surface area contributed by atoms with Gasteiger partial charge in [-0.15, -0.1) is 0 Å². The first-order valence-corrected chi connectivity index (χ1v) is 10.2. The lowest BCUT2D eigenvalue weighted by atomic mass is 9.94. The second kappa shape index (κ2) is 8.46. The van der Waals surface area contributed by atoms with E-state index in [1.807, 2.05) is 22.9 Å². The highest BCUT2D eigenvalue weighted by atomic mass is 16.1. The number of hydrogen-bond donors (Lipinski definition) is 2. The Kier molecular flexibility index (Phi) is 5.60. The Hall–Kier alpha value is -2.83. The number of guanidine groups is 1. The van der Waals surface area contributed by atoms with Gasteiger partial charge in [0.1, 0.15) is 0 Å². The van der Waals surface area contributed by atoms with Crippen LogP contribution in [-0.2, 0) is 13.0 Å². The van der Waals surface area contributed by atoms with Gasteiger partial charge in [0.25, 0.3) is 5.91 Å². The van der Waals surface area contributed by atoms with Crippen LogP contribution in [0.4, 0.5) is 5.69 Å². The number of aromatic nitrogens is 2. The third-order valence-corrected chi connectivity index (χ3v) is 5.63. The van der Waals surface area contributed by atoms with Gasteiger partial charge in [-0.3, -0.25) is 14.5 Å². The fraction of sp³-hybridized carbons (Fsp3) is 0.476. The molecule has 1 fully saturated rings. The van der Waals surface area contributed by atoms with Gasteiger partial charge in [-0.1, -0.05) is 18.2 Å². The van der Waals surface area contributed by atoms with E-state index in [0.29, 0.717) is 11.5 Å². The molecule has 0 spiro atoms. The Morgan fingerprint density at radius 1 is 1.18 bits per heavy atom. The SMILES string of the molecule is NC(=O)c1cnn2c1CC(CN=C(Nc1ccccc1)N1CCCCC1)CC2. The number of aliphatic imine (C=N–C) groups is 1. The van der Waals surface area contributed by atoms with Crippen molar-refractivity contribution in [3.8, 4) is 0 Å². The van der Waals surface area contributed by atoms with E-state index >= 15 is 0 Å². The van der Waals surface area contributed by atoms with Crippen LogP contribution in [0.3, 0.4) is 0 Å². The molecular formula is C21H28N6O. The summed E-state index contributed by atoms with van der Waals surface area (Å²) >= 11 is 0. The van der Waals surface area contributed by atoms with Crippen LogP contribution < -0.4 is 11.1 Å². The average molecular weight is 380 g/mol. The molecule has 1 aromatic carbocycles. The van der Waals surface area contributed by atoms with Crippen LogP contribution >= 0.6 is 0 Å². The summed E-state index contributed by atoms with van der Waals surface area (Å²) in [6, 6.07) is 10.2. The third kappa shape index (κ3) is 4.18. The Balaban J connectivity index is 1.48. The van der Waals surface area contributed by atoms with Gasteiger partial charge in [-0.25, -0.2) is 0 Å². The number of benzene rings is 1. The zero-order valence-corrected chi connectivity index (χ0v) is 16.2. The molecule has 1 aromatic heterocycles.